The summed E-state index contributed by atoms with van der Waals surface area (Å²) >= 11 is 0. The van der Waals surface area contributed by atoms with E-state index in [1.807, 2.05) is 6.92 Å². The van der Waals surface area contributed by atoms with E-state index in [-0.39, 0.29) is 5.97 Å². The van der Waals surface area contributed by atoms with Crippen LogP contribution in [0.5, 0.6) is 0 Å². The topological polar surface area (TPSA) is 68.5 Å². The van der Waals surface area contributed by atoms with Gasteiger partial charge in [-0.15, -0.1) is 10.2 Å². The second-order valence-corrected chi connectivity index (χ2v) is 5.99. The Kier molecular flexibility index (Phi) is 4.70. The van der Waals surface area contributed by atoms with Crippen LogP contribution in [0.1, 0.15) is 39.8 Å². The fourth-order valence-electron chi connectivity index (χ4n) is 2.99. The number of aryl methyl sites for hydroxylation is 3. The van der Waals surface area contributed by atoms with Crippen molar-refractivity contribution >= 4 is 17.3 Å². The Bertz CT molecular complexity index is 931. The molecule has 0 bridgehead atoms. The molecule has 3 aromatic rings. The van der Waals surface area contributed by atoms with Crippen LogP contribution < -0.4 is 5.32 Å². The highest BCUT2D eigenvalue weighted by molar-refractivity contribution is 5.91. The van der Waals surface area contributed by atoms with E-state index in [1.165, 1.54) is 23.8 Å². The van der Waals surface area contributed by atoms with Gasteiger partial charge in [0.05, 0.1) is 18.4 Å². The average Bonchev–Trinajstić information content (AvgIpc) is 3.00. The minimum absolute atomic E-state index is 0.386. The highest BCUT2D eigenvalue weighted by Gasteiger charge is 2.14. The minimum atomic E-state index is -0.386. The van der Waals surface area contributed by atoms with Gasteiger partial charge in [-0.3, -0.25) is 4.40 Å². The first-order valence-corrected chi connectivity index (χ1v) is 8.30. The van der Waals surface area contributed by atoms with Crippen molar-refractivity contribution in [2.45, 2.75) is 33.7 Å². The Hall–Kier alpha value is -2.89. The maximum atomic E-state index is 12.0. The van der Waals surface area contributed by atoms with Crippen molar-refractivity contribution in [3.05, 3.63) is 58.5 Å². The molecule has 0 amide bonds. The van der Waals surface area contributed by atoms with Crippen LogP contribution in [0, 0.1) is 13.8 Å². The molecule has 1 aromatic carbocycles. The molecule has 0 fully saturated rings. The molecule has 0 aliphatic carbocycles. The van der Waals surface area contributed by atoms with Crippen molar-refractivity contribution in [3.8, 4) is 0 Å². The molecule has 0 atom stereocenters. The van der Waals surface area contributed by atoms with Gasteiger partial charge in [-0.05, 0) is 43.0 Å². The summed E-state index contributed by atoms with van der Waals surface area (Å²) in [7, 11) is 1.37. The number of nitrogens with one attached hydrogen (secondary N) is 1. The fraction of sp³-hybridized carbons (Fsp3) is 0.316. The monoisotopic (exact) mass is 338 g/mol. The van der Waals surface area contributed by atoms with E-state index in [4.69, 9.17) is 4.74 Å². The van der Waals surface area contributed by atoms with E-state index in [9.17, 15) is 4.79 Å². The summed E-state index contributed by atoms with van der Waals surface area (Å²) in [6.45, 7) is 6.76. The molecule has 6 nitrogen and oxygen atoms in total. The molecular weight excluding hydrogens is 316 g/mol. The maximum absolute atomic E-state index is 12.0. The van der Waals surface area contributed by atoms with Crippen LogP contribution in [0.15, 0.2) is 30.5 Å². The number of methoxy groups -OCH3 is 1. The number of ether oxygens (including phenoxy) is 1. The summed E-state index contributed by atoms with van der Waals surface area (Å²) in [4.78, 5) is 12.0. The van der Waals surface area contributed by atoms with E-state index in [1.54, 1.807) is 16.7 Å². The smallest absolute Gasteiger partial charge is 0.339 e. The molecule has 0 unspecified atom stereocenters. The molecule has 2 aromatic heterocycles. The Balaban J connectivity index is 2.00. The minimum Gasteiger partial charge on any atom is -0.465 e. The number of carbonyl (C=O) groups excluding carboxylic acids is 1. The summed E-state index contributed by atoms with van der Waals surface area (Å²) < 4.78 is 6.65. The van der Waals surface area contributed by atoms with Gasteiger partial charge < -0.3 is 10.1 Å². The predicted molar refractivity (Wildman–Crippen MR) is 96.9 cm³/mol. The van der Waals surface area contributed by atoms with Gasteiger partial charge in [0.1, 0.15) is 5.82 Å². The number of pyridine rings is 1. The Morgan fingerprint density at radius 1 is 1.28 bits per heavy atom. The zero-order chi connectivity index (χ0) is 18.0. The van der Waals surface area contributed by atoms with E-state index in [0.29, 0.717) is 23.6 Å². The van der Waals surface area contributed by atoms with Gasteiger partial charge in [0.25, 0.3) is 0 Å². The lowest BCUT2D eigenvalue weighted by atomic mass is 10.00. The van der Waals surface area contributed by atoms with Crippen LogP contribution in [0.25, 0.3) is 5.65 Å². The number of anilines is 1. The molecule has 1 N–H and O–H groups in total. The molecule has 0 saturated heterocycles. The molecular formula is C19H22N4O2. The zero-order valence-corrected chi connectivity index (χ0v) is 15.0. The van der Waals surface area contributed by atoms with Gasteiger partial charge in [-0.2, -0.15) is 0 Å². The second-order valence-electron chi connectivity index (χ2n) is 5.99. The summed E-state index contributed by atoms with van der Waals surface area (Å²) in [5, 5.41) is 11.8. The molecule has 0 aliphatic heterocycles. The first-order valence-electron chi connectivity index (χ1n) is 8.30. The van der Waals surface area contributed by atoms with Gasteiger partial charge in [0.15, 0.2) is 5.65 Å². The molecule has 0 spiro atoms. The van der Waals surface area contributed by atoms with Gasteiger partial charge in [0.2, 0.25) is 0 Å². The average molecular weight is 338 g/mol. The number of nitrogens with zero attached hydrogens (tertiary/aromatic N) is 3. The van der Waals surface area contributed by atoms with Crippen LogP contribution in [-0.4, -0.2) is 27.7 Å². The third-order valence-electron chi connectivity index (χ3n) is 4.44. The fourth-order valence-corrected chi connectivity index (χ4v) is 2.99. The van der Waals surface area contributed by atoms with Gasteiger partial charge in [-0.25, -0.2) is 4.79 Å². The van der Waals surface area contributed by atoms with Crippen molar-refractivity contribution in [1.82, 2.24) is 14.6 Å². The normalized spacial score (nSPS) is 10.9. The first kappa shape index (κ1) is 17.0. The van der Waals surface area contributed by atoms with Crippen LogP contribution >= 0.6 is 0 Å². The van der Waals surface area contributed by atoms with Crippen LogP contribution in [0.4, 0.5) is 5.69 Å². The maximum Gasteiger partial charge on any atom is 0.339 e. The lowest BCUT2D eigenvalue weighted by molar-refractivity contribution is 0.0600. The first-order chi connectivity index (χ1) is 12.0. The Morgan fingerprint density at radius 2 is 2.08 bits per heavy atom. The number of rotatable bonds is 5. The third kappa shape index (κ3) is 3.20. The highest BCUT2D eigenvalue weighted by Crippen LogP contribution is 2.22. The Labute approximate surface area is 146 Å². The van der Waals surface area contributed by atoms with Crippen molar-refractivity contribution in [2.75, 3.05) is 12.4 Å². The number of fused-ring (bicyclic) bond motifs is 1. The van der Waals surface area contributed by atoms with Crippen molar-refractivity contribution in [1.29, 1.82) is 0 Å². The molecule has 130 valence electrons. The number of aromatic nitrogens is 3. The molecule has 2 heterocycles. The van der Waals surface area contributed by atoms with Crippen molar-refractivity contribution in [2.24, 2.45) is 0 Å². The number of hydrogen-bond acceptors (Lipinski definition) is 5. The summed E-state index contributed by atoms with van der Waals surface area (Å²) in [6.07, 6.45) is 2.67. The molecule has 25 heavy (non-hydrogen) atoms. The summed E-state index contributed by atoms with van der Waals surface area (Å²) in [6, 6.07) is 8.10. The zero-order valence-electron chi connectivity index (χ0n) is 15.0. The van der Waals surface area contributed by atoms with Crippen LogP contribution in [0.2, 0.25) is 0 Å². The quantitative estimate of drug-likeness (QED) is 0.723. The van der Waals surface area contributed by atoms with Gasteiger partial charge >= 0.3 is 5.97 Å². The van der Waals surface area contributed by atoms with Crippen molar-refractivity contribution < 1.29 is 9.53 Å². The van der Waals surface area contributed by atoms with Crippen molar-refractivity contribution in [3.63, 3.8) is 0 Å². The van der Waals surface area contributed by atoms with E-state index >= 15 is 0 Å². The molecule has 0 radical (unpaired) electrons. The molecule has 0 aliphatic rings. The summed E-state index contributed by atoms with van der Waals surface area (Å²) in [5.74, 6) is 0.331. The highest BCUT2D eigenvalue weighted by atomic mass is 16.5. The lowest BCUT2D eigenvalue weighted by Crippen LogP contribution is -2.09. The van der Waals surface area contributed by atoms with E-state index < -0.39 is 0 Å². The Morgan fingerprint density at radius 3 is 2.80 bits per heavy atom. The summed E-state index contributed by atoms with van der Waals surface area (Å²) in [5.41, 5.74) is 5.73. The lowest BCUT2D eigenvalue weighted by Gasteiger charge is -2.14. The SMILES string of the molecule is CCc1cccc(C)c1CNc1cc(C(=O)OC)cn2c(C)nnc12. The standard InChI is InChI=1S/C19H22N4O2/c1-5-14-8-6-7-12(2)16(14)10-20-17-9-15(19(24)25-4)11-23-13(3)21-22-18(17)23/h6-9,11,20H,5,10H2,1-4H3. The molecule has 6 heteroatoms. The molecule has 0 saturated carbocycles. The number of hydrogen-bond donors (Lipinski definition) is 1. The van der Waals surface area contributed by atoms with Crippen LogP contribution in [0.3, 0.4) is 0 Å². The number of benzene rings is 1. The van der Waals surface area contributed by atoms with Gasteiger partial charge in [-0.1, -0.05) is 25.1 Å². The second kappa shape index (κ2) is 6.93. The number of carbonyl (C=O) groups is 1. The number of esters is 1. The largest absolute Gasteiger partial charge is 0.465 e. The van der Waals surface area contributed by atoms with Crippen LogP contribution in [-0.2, 0) is 17.7 Å². The van der Waals surface area contributed by atoms with E-state index in [0.717, 1.165) is 12.1 Å². The molecule has 3 rings (SSSR count). The van der Waals surface area contributed by atoms with E-state index in [2.05, 4.69) is 47.6 Å². The predicted octanol–water partition coefficient (Wildman–Crippen LogP) is 3.31. The third-order valence-corrected chi connectivity index (χ3v) is 4.44. The van der Waals surface area contributed by atoms with Gasteiger partial charge in [0, 0.05) is 12.7 Å².